The summed E-state index contributed by atoms with van der Waals surface area (Å²) in [6.07, 6.45) is 0.916. The van der Waals surface area contributed by atoms with Crippen molar-refractivity contribution in [1.29, 1.82) is 0 Å². The molecule has 1 aromatic heterocycles. The molecule has 9 heteroatoms. The summed E-state index contributed by atoms with van der Waals surface area (Å²) in [4.78, 5) is 13.5. The minimum atomic E-state index is -1.34. The van der Waals surface area contributed by atoms with Crippen molar-refractivity contribution in [2.75, 3.05) is 0 Å². The molecule has 0 spiro atoms. The Morgan fingerprint density at radius 1 is 1.48 bits per heavy atom. The van der Waals surface area contributed by atoms with Crippen LogP contribution in [-0.4, -0.2) is 21.1 Å². The van der Waals surface area contributed by atoms with Gasteiger partial charge in [0.15, 0.2) is 0 Å². The van der Waals surface area contributed by atoms with Gasteiger partial charge in [0.1, 0.15) is 11.4 Å². The van der Waals surface area contributed by atoms with Crippen molar-refractivity contribution in [2.45, 2.75) is 25.8 Å². The van der Waals surface area contributed by atoms with E-state index in [-0.39, 0.29) is 24.2 Å². The Labute approximate surface area is 117 Å². The number of nitrogens with two attached hydrogens (primary N) is 1. The minimum absolute atomic E-state index is 0.115. The van der Waals surface area contributed by atoms with Crippen LogP contribution < -0.4 is 5.73 Å². The molecule has 2 aromatic rings. The van der Waals surface area contributed by atoms with Crippen molar-refractivity contribution in [1.82, 2.24) is 10.1 Å². The topological polar surface area (TPSA) is 108 Å². The Hall–Kier alpha value is -2.42. The molecule has 1 atom stereocenters. The predicted octanol–water partition coefficient (Wildman–Crippen LogP) is 2.20. The zero-order valence-corrected chi connectivity index (χ0v) is 11.0. The molecular formula is C12H12F2N4O3. The molecule has 2 rings (SSSR count). The Bertz CT molecular complexity index is 675. The van der Waals surface area contributed by atoms with Gasteiger partial charge in [0.05, 0.1) is 4.92 Å². The van der Waals surface area contributed by atoms with Crippen LogP contribution in [0.3, 0.4) is 0 Å². The maximum absolute atomic E-state index is 14.0. The maximum atomic E-state index is 14.0. The summed E-state index contributed by atoms with van der Waals surface area (Å²) < 4.78 is 32.5. The van der Waals surface area contributed by atoms with Gasteiger partial charge < -0.3 is 10.3 Å². The Morgan fingerprint density at radius 3 is 2.81 bits per heavy atom. The second-order valence-corrected chi connectivity index (χ2v) is 4.40. The van der Waals surface area contributed by atoms with Crippen LogP contribution >= 0.6 is 0 Å². The van der Waals surface area contributed by atoms with E-state index in [0.29, 0.717) is 6.42 Å². The average Bonchev–Trinajstić information content (AvgIpc) is 2.86. The monoisotopic (exact) mass is 298 g/mol. The quantitative estimate of drug-likeness (QED) is 0.669. The highest BCUT2D eigenvalue weighted by Crippen LogP contribution is 2.30. The summed E-state index contributed by atoms with van der Waals surface area (Å²) in [7, 11) is 0. The number of nitrogens with zero attached hydrogens (tertiary/aromatic N) is 3. The smallest absolute Gasteiger partial charge is 0.305 e. The molecule has 0 aliphatic carbocycles. The first-order valence-corrected chi connectivity index (χ1v) is 6.15. The van der Waals surface area contributed by atoms with Gasteiger partial charge in [-0.1, -0.05) is 12.1 Å². The summed E-state index contributed by atoms with van der Waals surface area (Å²) in [6, 6.07) is 1.30. The maximum Gasteiger partial charge on any atom is 0.305 e. The van der Waals surface area contributed by atoms with Crippen LogP contribution in [0.4, 0.5) is 14.5 Å². The van der Waals surface area contributed by atoms with Crippen LogP contribution in [0, 0.1) is 21.7 Å². The minimum Gasteiger partial charge on any atom is -0.339 e. The third kappa shape index (κ3) is 3.02. The summed E-state index contributed by atoms with van der Waals surface area (Å²) in [5, 5.41) is 14.1. The van der Waals surface area contributed by atoms with Crippen LogP contribution in [0.15, 0.2) is 16.7 Å². The first-order valence-electron chi connectivity index (χ1n) is 6.15. The number of hydrogen-bond acceptors (Lipinski definition) is 6. The van der Waals surface area contributed by atoms with Crippen LogP contribution in [0.5, 0.6) is 0 Å². The Balaban J connectivity index is 2.42. The molecule has 1 unspecified atom stereocenters. The van der Waals surface area contributed by atoms with E-state index in [2.05, 4.69) is 10.1 Å². The highest BCUT2D eigenvalue weighted by Gasteiger charge is 2.26. The Morgan fingerprint density at radius 2 is 2.19 bits per heavy atom. The molecule has 21 heavy (non-hydrogen) atoms. The fraction of sp³-hybridized carbons (Fsp3) is 0.333. The third-order valence-corrected chi connectivity index (χ3v) is 2.92. The number of hydrogen-bond donors (Lipinski definition) is 1. The number of benzene rings is 1. The van der Waals surface area contributed by atoms with Crippen molar-refractivity contribution in [3.8, 4) is 11.4 Å². The van der Waals surface area contributed by atoms with E-state index in [1.165, 1.54) is 0 Å². The molecule has 0 bridgehead atoms. The molecular weight excluding hydrogens is 286 g/mol. The van der Waals surface area contributed by atoms with Gasteiger partial charge in [-0.2, -0.15) is 9.37 Å². The van der Waals surface area contributed by atoms with E-state index in [1.807, 2.05) is 6.92 Å². The molecule has 0 aliphatic rings. The lowest BCUT2D eigenvalue weighted by atomic mass is 10.1. The van der Waals surface area contributed by atoms with Crippen molar-refractivity contribution in [3.63, 3.8) is 0 Å². The standard InChI is InChI=1S/C12H12F2N4O3/c1-2-6(15)5-9-16-12(17-21-9)10-7(13)3-4-8(11(10)14)18(19)20/h3-4,6H,2,5,15H2,1H3. The van der Waals surface area contributed by atoms with Gasteiger partial charge in [0.2, 0.25) is 17.5 Å². The molecule has 0 aliphatic heterocycles. The summed E-state index contributed by atoms with van der Waals surface area (Å²) in [5.74, 6) is -2.62. The largest absolute Gasteiger partial charge is 0.339 e. The lowest BCUT2D eigenvalue weighted by Crippen LogP contribution is -2.21. The molecule has 1 aromatic carbocycles. The summed E-state index contributed by atoms with van der Waals surface area (Å²) in [5.41, 5.74) is 4.16. The van der Waals surface area contributed by atoms with Gasteiger partial charge in [-0.3, -0.25) is 10.1 Å². The van der Waals surface area contributed by atoms with Gasteiger partial charge in [0, 0.05) is 18.5 Å². The fourth-order valence-electron chi connectivity index (χ4n) is 1.70. The van der Waals surface area contributed by atoms with E-state index >= 15 is 0 Å². The van der Waals surface area contributed by atoms with Gasteiger partial charge in [0.25, 0.3) is 0 Å². The SMILES string of the molecule is CCC(N)Cc1nc(-c2c(F)ccc([N+](=O)[O-])c2F)no1. The van der Waals surface area contributed by atoms with Crippen LogP contribution in [0.1, 0.15) is 19.2 Å². The van der Waals surface area contributed by atoms with E-state index in [9.17, 15) is 18.9 Å². The summed E-state index contributed by atoms with van der Waals surface area (Å²) >= 11 is 0. The van der Waals surface area contributed by atoms with Gasteiger partial charge >= 0.3 is 5.69 Å². The van der Waals surface area contributed by atoms with Gasteiger partial charge in [-0.15, -0.1) is 0 Å². The van der Waals surface area contributed by atoms with E-state index in [4.69, 9.17) is 10.3 Å². The zero-order chi connectivity index (χ0) is 15.6. The predicted molar refractivity (Wildman–Crippen MR) is 68.3 cm³/mol. The lowest BCUT2D eigenvalue weighted by Gasteiger charge is -2.02. The average molecular weight is 298 g/mol. The van der Waals surface area contributed by atoms with E-state index in [0.717, 1.165) is 12.1 Å². The normalized spacial score (nSPS) is 12.4. The molecule has 1 heterocycles. The molecule has 0 radical (unpaired) electrons. The van der Waals surface area contributed by atoms with Crippen molar-refractivity contribution < 1.29 is 18.2 Å². The van der Waals surface area contributed by atoms with Gasteiger partial charge in [-0.05, 0) is 12.5 Å². The Kier molecular flexibility index (Phi) is 4.22. The van der Waals surface area contributed by atoms with Crippen molar-refractivity contribution >= 4 is 5.69 Å². The summed E-state index contributed by atoms with van der Waals surface area (Å²) in [6.45, 7) is 1.86. The molecule has 0 amide bonds. The second-order valence-electron chi connectivity index (χ2n) is 4.40. The molecule has 2 N–H and O–H groups in total. The number of nitro benzene ring substituents is 1. The zero-order valence-electron chi connectivity index (χ0n) is 11.0. The number of nitro groups is 1. The van der Waals surface area contributed by atoms with Crippen LogP contribution in [0.2, 0.25) is 0 Å². The molecule has 0 saturated carbocycles. The molecule has 7 nitrogen and oxygen atoms in total. The van der Waals surface area contributed by atoms with E-state index < -0.39 is 27.8 Å². The lowest BCUT2D eigenvalue weighted by molar-refractivity contribution is -0.387. The number of halogens is 2. The first kappa shape index (κ1) is 15.0. The third-order valence-electron chi connectivity index (χ3n) is 2.92. The van der Waals surface area contributed by atoms with Crippen LogP contribution in [0.25, 0.3) is 11.4 Å². The van der Waals surface area contributed by atoms with Crippen LogP contribution in [-0.2, 0) is 6.42 Å². The highest BCUT2D eigenvalue weighted by molar-refractivity contribution is 5.61. The van der Waals surface area contributed by atoms with Crippen molar-refractivity contribution in [3.05, 3.63) is 39.8 Å². The first-order chi connectivity index (χ1) is 9.93. The molecule has 0 saturated heterocycles. The highest BCUT2D eigenvalue weighted by atomic mass is 19.1. The fourth-order valence-corrected chi connectivity index (χ4v) is 1.70. The second kappa shape index (κ2) is 5.92. The molecule has 112 valence electrons. The number of rotatable bonds is 5. The van der Waals surface area contributed by atoms with E-state index in [1.54, 1.807) is 0 Å². The van der Waals surface area contributed by atoms with Crippen molar-refractivity contribution in [2.24, 2.45) is 5.73 Å². The number of aromatic nitrogens is 2. The molecule has 0 fully saturated rings. The van der Waals surface area contributed by atoms with Gasteiger partial charge in [-0.25, -0.2) is 4.39 Å².